The number of hydrazine groups is 1. The first-order valence-electron chi connectivity index (χ1n) is 7.34. The van der Waals surface area contributed by atoms with Gasteiger partial charge in [0.2, 0.25) is 5.91 Å². The van der Waals surface area contributed by atoms with E-state index in [1.807, 2.05) is 0 Å². The zero-order chi connectivity index (χ0) is 15.5. The summed E-state index contributed by atoms with van der Waals surface area (Å²) in [5.41, 5.74) is 9.41. The van der Waals surface area contributed by atoms with Crippen molar-refractivity contribution in [2.45, 2.75) is 44.7 Å². The van der Waals surface area contributed by atoms with Crippen molar-refractivity contribution < 1.29 is 4.79 Å². The highest BCUT2D eigenvalue weighted by atomic mass is 127. The molecule has 118 valence electrons. The number of nitrogens with two attached hydrogens (primary N) is 2. The SMILES string of the molecule is NNC(N)CCCCNC(=O)CCCc1ccc(I)cc1. The molecule has 0 aliphatic rings. The largest absolute Gasteiger partial charge is 0.356 e. The predicted molar refractivity (Wildman–Crippen MR) is 94.3 cm³/mol. The summed E-state index contributed by atoms with van der Waals surface area (Å²) >= 11 is 2.29. The third-order valence-corrected chi connectivity index (χ3v) is 3.98. The lowest BCUT2D eigenvalue weighted by atomic mass is 10.1. The maximum absolute atomic E-state index is 11.7. The maximum atomic E-state index is 11.7. The van der Waals surface area contributed by atoms with Gasteiger partial charge in [-0.05, 0) is 72.4 Å². The zero-order valence-corrected chi connectivity index (χ0v) is 14.4. The highest BCUT2D eigenvalue weighted by molar-refractivity contribution is 14.1. The van der Waals surface area contributed by atoms with Gasteiger partial charge in [-0.25, -0.2) is 5.43 Å². The minimum atomic E-state index is -0.158. The number of carbonyl (C=O) groups is 1. The molecule has 0 saturated carbocycles. The summed E-state index contributed by atoms with van der Waals surface area (Å²) in [6, 6.07) is 8.43. The minimum absolute atomic E-state index is 0.127. The van der Waals surface area contributed by atoms with Gasteiger partial charge in [0, 0.05) is 16.5 Å². The Bertz CT molecular complexity index is 411. The first-order chi connectivity index (χ1) is 10.1. The second-order valence-corrected chi connectivity index (χ2v) is 6.34. The average Bonchev–Trinajstić information content (AvgIpc) is 2.48. The number of aryl methyl sites for hydroxylation is 1. The fourth-order valence-corrected chi connectivity index (χ4v) is 2.35. The first kappa shape index (κ1) is 18.3. The Balaban J connectivity index is 2.02. The number of hydrogen-bond acceptors (Lipinski definition) is 4. The van der Waals surface area contributed by atoms with Crippen LogP contribution in [0.3, 0.4) is 0 Å². The molecule has 1 unspecified atom stereocenters. The molecule has 0 heterocycles. The van der Waals surface area contributed by atoms with E-state index in [2.05, 4.69) is 57.6 Å². The van der Waals surface area contributed by atoms with Crippen LogP contribution >= 0.6 is 22.6 Å². The van der Waals surface area contributed by atoms with Crippen LogP contribution in [0, 0.1) is 3.57 Å². The van der Waals surface area contributed by atoms with Crippen LogP contribution in [0.4, 0.5) is 0 Å². The summed E-state index contributed by atoms with van der Waals surface area (Å²) in [4.78, 5) is 11.7. The van der Waals surface area contributed by atoms with Gasteiger partial charge >= 0.3 is 0 Å². The normalized spacial score (nSPS) is 12.1. The summed E-state index contributed by atoms with van der Waals surface area (Å²) in [6.45, 7) is 0.708. The Kier molecular flexibility index (Phi) is 9.56. The van der Waals surface area contributed by atoms with E-state index in [0.29, 0.717) is 13.0 Å². The van der Waals surface area contributed by atoms with E-state index in [9.17, 15) is 4.79 Å². The van der Waals surface area contributed by atoms with E-state index in [4.69, 9.17) is 11.6 Å². The standard InChI is InChI=1S/C15H25IN4O/c16-13-9-7-12(8-10-13)4-3-6-15(21)19-11-2-1-5-14(17)20-18/h7-10,14,20H,1-6,11,17-18H2,(H,19,21). The second-order valence-electron chi connectivity index (χ2n) is 5.10. The number of unbranched alkanes of at least 4 members (excludes halogenated alkanes) is 1. The van der Waals surface area contributed by atoms with Gasteiger partial charge in [0.05, 0.1) is 6.17 Å². The van der Waals surface area contributed by atoms with Crippen LogP contribution in [0.2, 0.25) is 0 Å². The van der Waals surface area contributed by atoms with Crippen molar-refractivity contribution in [3.63, 3.8) is 0 Å². The van der Waals surface area contributed by atoms with Gasteiger partial charge < -0.3 is 11.1 Å². The van der Waals surface area contributed by atoms with Crippen molar-refractivity contribution in [2.24, 2.45) is 11.6 Å². The molecule has 1 rings (SSSR count). The van der Waals surface area contributed by atoms with Gasteiger partial charge in [0.15, 0.2) is 0 Å². The Hall–Kier alpha value is -0.700. The van der Waals surface area contributed by atoms with Crippen molar-refractivity contribution in [1.29, 1.82) is 0 Å². The lowest BCUT2D eigenvalue weighted by Crippen LogP contribution is -2.42. The van der Waals surface area contributed by atoms with Crippen molar-refractivity contribution in [1.82, 2.24) is 10.7 Å². The Labute approximate surface area is 140 Å². The molecule has 0 aromatic heterocycles. The lowest BCUT2D eigenvalue weighted by Gasteiger charge is -2.09. The molecule has 0 aliphatic carbocycles. The molecule has 21 heavy (non-hydrogen) atoms. The number of carbonyl (C=O) groups excluding carboxylic acids is 1. The van der Waals surface area contributed by atoms with Crippen molar-refractivity contribution in [3.05, 3.63) is 33.4 Å². The summed E-state index contributed by atoms with van der Waals surface area (Å²) in [5, 5.41) is 2.94. The summed E-state index contributed by atoms with van der Waals surface area (Å²) in [6.07, 6.45) is 4.95. The van der Waals surface area contributed by atoms with Gasteiger partial charge in [-0.3, -0.25) is 10.6 Å². The molecule has 1 aromatic carbocycles. The average molecular weight is 404 g/mol. The molecular weight excluding hydrogens is 379 g/mol. The number of amides is 1. The molecule has 0 aliphatic heterocycles. The zero-order valence-electron chi connectivity index (χ0n) is 12.3. The highest BCUT2D eigenvalue weighted by Crippen LogP contribution is 2.09. The summed E-state index contributed by atoms with van der Waals surface area (Å²) in [5.74, 6) is 5.33. The quantitative estimate of drug-likeness (QED) is 0.157. The fraction of sp³-hybridized carbons (Fsp3) is 0.533. The van der Waals surface area contributed by atoms with Crippen LogP contribution in [0.1, 0.15) is 37.7 Å². The Morgan fingerprint density at radius 2 is 1.90 bits per heavy atom. The number of benzene rings is 1. The van der Waals surface area contributed by atoms with E-state index in [0.717, 1.165) is 32.1 Å². The number of rotatable bonds is 10. The first-order valence-corrected chi connectivity index (χ1v) is 8.42. The van der Waals surface area contributed by atoms with Crippen LogP contribution in [-0.2, 0) is 11.2 Å². The van der Waals surface area contributed by atoms with E-state index in [1.165, 1.54) is 9.13 Å². The van der Waals surface area contributed by atoms with Crippen LogP contribution in [0.5, 0.6) is 0 Å². The molecule has 1 atom stereocenters. The van der Waals surface area contributed by atoms with Crippen molar-refractivity contribution in [3.8, 4) is 0 Å². The molecule has 1 aromatic rings. The van der Waals surface area contributed by atoms with E-state index in [1.54, 1.807) is 0 Å². The van der Waals surface area contributed by atoms with Crippen LogP contribution in [-0.4, -0.2) is 18.6 Å². The number of hydrogen-bond donors (Lipinski definition) is 4. The third-order valence-electron chi connectivity index (χ3n) is 3.26. The smallest absolute Gasteiger partial charge is 0.220 e. The second kappa shape index (κ2) is 10.9. The molecule has 0 bridgehead atoms. The lowest BCUT2D eigenvalue weighted by molar-refractivity contribution is -0.121. The van der Waals surface area contributed by atoms with Gasteiger partial charge in [0.25, 0.3) is 0 Å². The fourth-order valence-electron chi connectivity index (χ4n) is 1.99. The highest BCUT2D eigenvalue weighted by Gasteiger charge is 2.02. The van der Waals surface area contributed by atoms with Crippen LogP contribution < -0.4 is 22.3 Å². The molecule has 0 spiro atoms. The van der Waals surface area contributed by atoms with E-state index < -0.39 is 0 Å². The van der Waals surface area contributed by atoms with Gasteiger partial charge in [-0.2, -0.15) is 0 Å². The molecular formula is C15H25IN4O. The number of halogens is 1. The van der Waals surface area contributed by atoms with Crippen molar-refractivity contribution >= 4 is 28.5 Å². The molecule has 0 saturated heterocycles. The molecule has 6 heteroatoms. The molecule has 0 fully saturated rings. The van der Waals surface area contributed by atoms with E-state index >= 15 is 0 Å². The summed E-state index contributed by atoms with van der Waals surface area (Å²) < 4.78 is 1.23. The Morgan fingerprint density at radius 1 is 1.19 bits per heavy atom. The molecule has 0 radical (unpaired) electrons. The van der Waals surface area contributed by atoms with Gasteiger partial charge in [-0.15, -0.1) is 0 Å². The van der Waals surface area contributed by atoms with Crippen LogP contribution in [0.15, 0.2) is 24.3 Å². The topological polar surface area (TPSA) is 93.2 Å². The predicted octanol–water partition coefficient (Wildman–Crippen LogP) is 1.65. The maximum Gasteiger partial charge on any atom is 0.220 e. The minimum Gasteiger partial charge on any atom is -0.356 e. The van der Waals surface area contributed by atoms with Gasteiger partial charge in [0.1, 0.15) is 0 Å². The Morgan fingerprint density at radius 3 is 2.57 bits per heavy atom. The third kappa shape index (κ3) is 9.02. The van der Waals surface area contributed by atoms with Crippen LogP contribution in [0.25, 0.3) is 0 Å². The summed E-state index contributed by atoms with van der Waals surface area (Å²) in [7, 11) is 0. The number of nitrogens with one attached hydrogen (secondary N) is 2. The van der Waals surface area contributed by atoms with Crippen molar-refractivity contribution in [2.75, 3.05) is 6.54 Å². The van der Waals surface area contributed by atoms with Gasteiger partial charge in [-0.1, -0.05) is 12.1 Å². The van der Waals surface area contributed by atoms with E-state index in [-0.39, 0.29) is 12.1 Å². The monoisotopic (exact) mass is 404 g/mol. The molecule has 1 amide bonds. The molecule has 5 nitrogen and oxygen atoms in total. The molecule has 6 N–H and O–H groups in total.